The third kappa shape index (κ3) is 2.22. The number of rotatable bonds is 0. The summed E-state index contributed by atoms with van der Waals surface area (Å²) in [6, 6.07) is 0. The minimum atomic E-state index is 1.14. The molecule has 2 rings (SSSR count). The Morgan fingerprint density at radius 3 is 3.00 bits per heavy atom. The summed E-state index contributed by atoms with van der Waals surface area (Å²) in [7, 11) is 0. The predicted octanol–water partition coefficient (Wildman–Crippen LogP) is 2.80. The molecule has 1 heteroatoms. The zero-order valence-corrected chi connectivity index (χ0v) is 8.53. The predicted molar refractivity (Wildman–Crippen MR) is 56.7 cm³/mol. The van der Waals surface area contributed by atoms with Crippen molar-refractivity contribution in [3.63, 3.8) is 0 Å². The van der Waals surface area contributed by atoms with Crippen LogP contribution < -0.4 is 5.32 Å². The first-order chi connectivity index (χ1) is 6.36. The Balaban J connectivity index is 2.16. The number of nitrogens with one attached hydrogen (secondary N) is 1. The fraction of sp³-hybridized carbons (Fsp3) is 0.667. The molecule has 0 aromatic heterocycles. The summed E-state index contributed by atoms with van der Waals surface area (Å²) in [6.45, 7) is 4.61. The summed E-state index contributed by atoms with van der Waals surface area (Å²) in [5.74, 6) is 0. The first kappa shape index (κ1) is 9.01. The second-order valence-corrected chi connectivity index (χ2v) is 4.25. The topological polar surface area (TPSA) is 12.0 Å². The van der Waals surface area contributed by atoms with Crippen LogP contribution in [-0.2, 0) is 0 Å². The molecule has 13 heavy (non-hydrogen) atoms. The fourth-order valence-corrected chi connectivity index (χ4v) is 2.24. The molecule has 0 unspecified atom stereocenters. The molecule has 0 aromatic carbocycles. The standard InChI is InChI=1S/C12H19N/c1-10-5-6-12-9-13-7-3-2-4-11(12)8-10/h8,13H,2-7,9H2,1H3. The van der Waals surface area contributed by atoms with Crippen molar-refractivity contribution in [1.29, 1.82) is 0 Å². The van der Waals surface area contributed by atoms with E-state index in [1.807, 2.05) is 0 Å². The Kier molecular flexibility index (Phi) is 2.84. The summed E-state index contributed by atoms with van der Waals surface area (Å²) < 4.78 is 0. The van der Waals surface area contributed by atoms with Crippen LogP contribution in [-0.4, -0.2) is 13.1 Å². The Morgan fingerprint density at radius 2 is 2.08 bits per heavy atom. The van der Waals surface area contributed by atoms with E-state index in [9.17, 15) is 0 Å². The van der Waals surface area contributed by atoms with Gasteiger partial charge in [0.15, 0.2) is 0 Å². The molecule has 0 aromatic rings. The Labute approximate surface area is 80.9 Å². The Bertz CT molecular complexity index is 248. The van der Waals surface area contributed by atoms with Crippen LogP contribution in [0.2, 0.25) is 0 Å². The molecule has 0 radical (unpaired) electrons. The largest absolute Gasteiger partial charge is 0.313 e. The molecule has 0 atom stereocenters. The molecule has 0 amide bonds. The molecule has 1 aliphatic heterocycles. The lowest BCUT2D eigenvalue weighted by molar-refractivity contribution is 0.608. The van der Waals surface area contributed by atoms with Crippen LogP contribution >= 0.6 is 0 Å². The van der Waals surface area contributed by atoms with E-state index >= 15 is 0 Å². The van der Waals surface area contributed by atoms with E-state index in [-0.39, 0.29) is 0 Å². The molecule has 72 valence electrons. The third-order valence-corrected chi connectivity index (χ3v) is 3.08. The zero-order chi connectivity index (χ0) is 9.10. The summed E-state index contributed by atoms with van der Waals surface area (Å²) in [5, 5.41) is 3.51. The molecule has 0 fully saturated rings. The Hall–Kier alpha value is -0.560. The molecule has 2 aliphatic rings. The normalized spacial score (nSPS) is 24.5. The van der Waals surface area contributed by atoms with Crippen molar-refractivity contribution in [3.8, 4) is 0 Å². The van der Waals surface area contributed by atoms with E-state index in [4.69, 9.17) is 0 Å². The van der Waals surface area contributed by atoms with Gasteiger partial charge in [-0.25, -0.2) is 0 Å². The van der Waals surface area contributed by atoms with Gasteiger partial charge in [0.05, 0.1) is 0 Å². The Morgan fingerprint density at radius 1 is 1.15 bits per heavy atom. The first-order valence-electron chi connectivity index (χ1n) is 5.45. The third-order valence-electron chi connectivity index (χ3n) is 3.08. The molecule has 1 aliphatic carbocycles. The average molecular weight is 177 g/mol. The second-order valence-electron chi connectivity index (χ2n) is 4.25. The number of hydrogen-bond acceptors (Lipinski definition) is 1. The van der Waals surface area contributed by atoms with Crippen molar-refractivity contribution in [1.82, 2.24) is 5.32 Å². The second kappa shape index (κ2) is 4.10. The minimum absolute atomic E-state index is 1.14. The van der Waals surface area contributed by atoms with Crippen molar-refractivity contribution < 1.29 is 0 Å². The van der Waals surface area contributed by atoms with Crippen LogP contribution in [0.15, 0.2) is 22.8 Å². The van der Waals surface area contributed by atoms with Gasteiger partial charge >= 0.3 is 0 Å². The zero-order valence-electron chi connectivity index (χ0n) is 8.53. The SMILES string of the molecule is CC1=CC2=C(CC1)CNCCCC2. The van der Waals surface area contributed by atoms with Crippen LogP contribution in [0.5, 0.6) is 0 Å². The molecule has 1 N–H and O–H groups in total. The van der Waals surface area contributed by atoms with Gasteiger partial charge in [0, 0.05) is 6.54 Å². The maximum absolute atomic E-state index is 3.51. The highest BCUT2D eigenvalue weighted by atomic mass is 14.8. The van der Waals surface area contributed by atoms with Crippen LogP contribution in [0.25, 0.3) is 0 Å². The molecule has 0 spiro atoms. The lowest BCUT2D eigenvalue weighted by atomic mass is 9.89. The molecule has 1 heterocycles. The highest BCUT2D eigenvalue weighted by molar-refractivity contribution is 5.34. The summed E-state index contributed by atoms with van der Waals surface area (Å²) in [5.41, 5.74) is 4.88. The van der Waals surface area contributed by atoms with Crippen molar-refractivity contribution >= 4 is 0 Å². The van der Waals surface area contributed by atoms with Gasteiger partial charge in [-0.1, -0.05) is 17.2 Å². The fourth-order valence-electron chi connectivity index (χ4n) is 2.24. The monoisotopic (exact) mass is 177 g/mol. The molecular weight excluding hydrogens is 158 g/mol. The van der Waals surface area contributed by atoms with Gasteiger partial charge in [-0.15, -0.1) is 0 Å². The molecular formula is C12H19N. The van der Waals surface area contributed by atoms with Gasteiger partial charge in [0.25, 0.3) is 0 Å². The quantitative estimate of drug-likeness (QED) is 0.600. The van der Waals surface area contributed by atoms with Gasteiger partial charge in [-0.05, 0) is 51.1 Å². The van der Waals surface area contributed by atoms with Gasteiger partial charge in [-0.3, -0.25) is 0 Å². The van der Waals surface area contributed by atoms with Crippen LogP contribution in [0.3, 0.4) is 0 Å². The van der Waals surface area contributed by atoms with E-state index < -0.39 is 0 Å². The average Bonchev–Trinajstić information content (AvgIpc) is 2.08. The van der Waals surface area contributed by atoms with Crippen LogP contribution in [0.4, 0.5) is 0 Å². The lowest BCUT2D eigenvalue weighted by Crippen LogP contribution is -2.22. The highest BCUT2D eigenvalue weighted by Gasteiger charge is 2.12. The maximum atomic E-state index is 3.51. The van der Waals surface area contributed by atoms with E-state index in [0.29, 0.717) is 0 Å². The van der Waals surface area contributed by atoms with E-state index in [1.165, 1.54) is 38.6 Å². The maximum Gasteiger partial charge on any atom is 0.0170 e. The molecule has 1 nitrogen and oxygen atoms in total. The van der Waals surface area contributed by atoms with Crippen LogP contribution in [0, 0.1) is 0 Å². The lowest BCUT2D eigenvalue weighted by Gasteiger charge is -2.21. The number of allylic oxidation sites excluding steroid dienone is 3. The van der Waals surface area contributed by atoms with E-state index in [0.717, 1.165) is 6.54 Å². The highest BCUT2D eigenvalue weighted by Crippen LogP contribution is 2.27. The summed E-state index contributed by atoms with van der Waals surface area (Å²) >= 11 is 0. The summed E-state index contributed by atoms with van der Waals surface area (Å²) in [4.78, 5) is 0. The van der Waals surface area contributed by atoms with Gasteiger partial charge in [-0.2, -0.15) is 0 Å². The first-order valence-corrected chi connectivity index (χ1v) is 5.45. The minimum Gasteiger partial charge on any atom is -0.313 e. The van der Waals surface area contributed by atoms with Crippen LogP contribution in [0.1, 0.15) is 39.0 Å². The van der Waals surface area contributed by atoms with Gasteiger partial charge in [0.2, 0.25) is 0 Å². The molecule has 0 bridgehead atoms. The molecule has 0 saturated carbocycles. The smallest absolute Gasteiger partial charge is 0.0170 e. The van der Waals surface area contributed by atoms with Crippen molar-refractivity contribution in [2.45, 2.75) is 39.0 Å². The van der Waals surface area contributed by atoms with Crippen molar-refractivity contribution in [3.05, 3.63) is 22.8 Å². The summed E-state index contributed by atoms with van der Waals surface area (Å²) in [6.07, 6.45) is 9.00. The van der Waals surface area contributed by atoms with Crippen molar-refractivity contribution in [2.75, 3.05) is 13.1 Å². The number of hydrogen-bond donors (Lipinski definition) is 1. The van der Waals surface area contributed by atoms with Gasteiger partial charge in [0.1, 0.15) is 0 Å². The van der Waals surface area contributed by atoms with Crippen molar-refractivity contribution in [2.24, 2.45) is 0 Å². The van der Waals surface area contributed by atoms with E-state index in [2.05, 4.69) is 18.3 Å². The van der Waals surface area contributed by atoms with E-state index in [1.54, 1.807) is 16.7 Å². The molecule has 0 saturated heterocycles. The van der Waals surface area contributed by atoms with Gasteiger partial charge < -0.3 is 5.32 Å².